The summed E-state index contributed by atoms with van der Waals surface area (Å²) >= 11 is 0. The molecule has 4 heterocycles. The molecule has 37 heavy (non-hydrogen) atoms. The molecule has 3 amide bonds. The number of carbonyl (C=O) groups is 3. The molecule has 2 N–H and O–H groups in total. The van der Waals surface area contributed by atoms with Crippen LogP contribution in [0, 0.1) is 12.4 Å². The highest BCUT2D eigenvalue weighted by molar-refractivity contribution is 6.05. The summed E-state index contributed by atoms with van der Waals surface area (Å²) in [6, 6.07) is 8.12. The van der Waals surface area contributed by atoms with E-state index in [1.165, 1.54) is 16.5 Å². The molecule has 0 spiro atoms. The first-order valence-electron chi connectivity index (χ1n) is 12.6. The number of piperidine rings is 2. The van der Waals surface area contributed by atoms with Gasteiger partial charge in [-0.25, -0.2) is 9.24 Å². The molecule has 9 heteroatoms. The SMILES string of the molecule is [C-]#[N+]c1ccc2c(CN3CCC(c4cc5c(cc4F)C(=O)N(C4CCC(=O)NC4=O)C5)CC3)c[nH]c2c1. The summed E-state index contributed by atoms with van der Waals surface area (Å²) in [5.41, 5.74) is 4.44. The number of carbonyl (C=O) groups excluding carboxylic acids is 3. The van der Waals surface area contributed by atoms with Crippen LogP contribution < -0.4 is 5.32 Å². The van der Waals surface area contributed by atoms with Crippen LogP contribution in [0.15, 0.2) is 36.5 Å². The van der Waals surface area contributed by atoms with Crippen molar-refractivity contribution in [2.75, 3.05) is 13.1 Å². The van der Waals surface area contributed by atoms with E-state index in [1.54, 1.807) is 0 Å². The number of hydrogen-bond acceptors (Lipinski definition) is 4. The highest BCUT2D eigenvalue weighted by atomic mass is 19.1. The molecular weight excluding hydrogens is 473 g/mol. The van der Waals surface area contributed by atoms with Crippen molar-refractivity contribution in [2.45, 2.75) is 50.7 Å². The van der Waals surface area contributed by atoms with Crippen LogP contribution in [0.4, 0.5) is 10.1 Å². The lowest BCUT2D eigenvalue weighted by molar-refractivity contribution is -0.136. The van der Waals surface area contributed by atoms with Crippen molar-refractivity contribution in [3.8, 4) is 0 Å². The summed E-state index contributed by atoms with van der Waals surface area (Å²) in [5, 5.41) is 3.41. The molecule has 8 nitrogen and oxygen atoms in total. The van der Waals surface area contributed by atoms with Gasteiger partial charge in [0.2, 0.25) is 11.8 Å². The Hall–Kier alpha value is -4.03. The second-order valence-corrected chi connectivity index (χ2v) is 10.1. The van der Waals surface area contributed by atoms with E-state index in [9.17, 15) is 14.4 Å². The molecule has 0 saturated carbocycles. The second kappa shape index (κ2) is 9.12. The Morgan fingerprint density at radius 1 is 1.08 bits per heavy atom. The van der Waals surface area contributed by atoms with Crippen LogP contribution in [-0.2, 0) is 22.7 Å². The van der Waals surface area contributed by atoms with E-state index in [4.69, 9.17) is 6.57 Å². The first kappa shape index (κ1) is 23.4. The van der Waals surface area contributed by atoms with E-state index in [2.05, 4.69) is 20.0 Å². The fraction of sp³-hybridized carbons (Fsp3) is 0.357. The number of likely N-dealkylation sites (tertiary alicyclic amines) is 1. The van der Waals surface area contributed by atoms with E-state index in [0.29, 0.717) is 16.8 Å². The summed E-state index contributed by atoms with van der Waals surface area (Å²) in [7, 11) is 0. The van der Waals surface area contributed by atoms with Crippen molar-refractivity contribution in [2.24, 2.45) is 0 Å². The number of fused-ring (bicyclic) bond motifs is 2. The fourth-order valence-electron chi connectivity index (χ4n) is 5.94. The molecule has 1 unspecified atom stereocenters. The number of aromatic amines is 1. The second-order valence-electron chi connectivity index (χ2n) is 10.1. The van der Waals surface area contributed by atoms with Crippen molar-refractivity contribution in [1.29, 1.82) is 0 Å². The molecule has 6 rings (SSSR count). The number of hydrogen-bond donors (Lipinski definition) is 2. The summed E-state index contributed by atoms with van der Waals surface area (Å²) < 4.78 is 15.2. The molecular formula is C28H26FN5O3. The molecule has 0 bridgehead atoms. The molecule has 3 aliphatic heterocycles. The van der Waals surface area contributed by atoms with Gasteiger partial charge in [-0.1, -0.05) is 18.2 Å². The Bertz CT molecular complexity index is 1480. The Kier molecular flexibility index (Phi) is 5.76. The van der Waals surface area contributed by atoms with Crippen molar-refractivity contribution >= 4 is 34.3 Å². The van der Waals surface area contributed by atoms with Crippen LogP contribution in [0.2, 0.25) is 0 Å². The number of aromatic nitrogens is 1. The topological polar surface area (TPSA) is 89.9 Å². The Morgan fingerprint density at radius 2 is 1.89 bits per heavy atom. The third-order valence-corrected chi connectivity index (χ3v) is 7.94. The third-order valence-electron chi connectivity index (χ3n) is 7.94. The summed E-state index contributed by atoms with van der Waals surface area (Å²) in [5.74, 6) is -1.46. The zero-order chi connectivity index (χ0) is 25.7. The van der Waals surface area contributed by atoms with Crippen LogP contribution in [0.3, 0.4) is 0 Å². The summed E-state index contributed by atoms with van der Waals surface area (Å²) in [6.45, 7) is 9.88. The predicted molar refractivity (Wildman–Crippen MR) is 134 cm³/mol. The average Bonchev–Trinajstić information content (AvgIpc) is 3.44. The van der Waals surface area contributed by atoms with Crippen LogP contribution in [-0.4, -0.2) is 51.6 Å². The molecule has 0 radical (unpaired) electrons. The lowest BCUT2D eigenvalue weighted by Crippen LogP contribution is -2.52. The number of nitrogens with zero attached hydrogens (tertiary/aromatic N) is 3. The lowest BCUT2D eigenvalue weighted by atomic mass is 9.87. The Balaban J connectivity index is 1.13. The number of amides is 3. The van der Waals surface area contributed by atoms with Crippen molar-refractivity contribution < 1.29 is 18.8 Å². The first-order valence-corrected chi connectivity index (χ1v) is 12.6. The normalized spacial score (nSPS) is 20.8. The van der Waals surface area contributed by atoms with Gasteiger partial charge < -0.3 is 9.88 Å². The highest BCUT2D eigenvalue weighted by Crippen LogP contribution is 2.36. The van der Waals surface area contributed by atoms with Crippen LogP contribution >= 0.6 is 0 Å². The lowest BCUT2D eigenvalue weighted by Gasteiger charge is -2.32. The summed E-state index contributed by atoms with van der Waals surface area (Å²) in [4.78, 5) is 47.3. The van der Waals surface area contributed by atoms with Gasteiger partial charge in [0, 0.05) is 42.2 Å². The Labute approximate surface area is 213 Å². The maximum atomic E-state index is 15.2. The standard InChI is InChI=1S/C28H26FN5O3/c1-30-19-2-3-20-18(13-31-24(20)11-19)14-33-8-6-16(7-9-33)21-10-17-15-34(28(37)22(17)12-23(21)29)25-4-5-26(35)32-27(25)36/h2-3,10-13,16,25,31H,4-9,14-15H2,(H,32,35,36). The van der Waals surface area contributed by atoms with Crippen molar-refractivity contribution in [3.63, 3.8) is 0 Å². The minimum atomic E-state index is -0.704. The van der Waals surface area contributed by atoms with Gasteiger partial charge in [-0.05, 0) is 67.1 Å². The molecule has 188 valence electrons. The van der Waals surface area contributed by atoms with Gasteiger partial charge in [0.1, 0.15) is 11.9 Å². The number of halogens is 1. The monoisotopic (exact) mass is 499 g/mol. The molecule has 2 aromatic carbocycles. The smallest absolute Gasteiger partial charge is 0.255 e. The predicted octanol–water partition coefficient (Wildman–Crippen LogP) is 4.00. The number of nitrogens with one attached hydrogen (secondary N) is 2. The maximum Gasteiger partial charge on any atom is 0.255 e. The van der Waals surface area contributed by atoms with Gasteiger partial charge in [0.15, 0.2) is 5.69 Å². The van der Waals surface area contributed by atoms with Gasteiger partial charge in [-0.15, -0.1) is 0 Å². The highest BCUT2D eigenvalue weighted by Gasteiger charge is 2.40. The number of rotatable bonds is 4. The van der Waals surface area contributed by atoms with Gasteiger partial charge >= 0.3 is 0 Å². The average molecular weight is 500 g/mol. The molecule has 2 saturated heterocycles. The first-order chi connectivity index (χ1) is 17.9. The van der Waals surface area contributed by atoms with E-state index < -0.39 is 11.9 Å². The van der Waals surface area contributed by atoms with Gasteiger partial charge in [-0.3, -0.25) is 24.6 Å². The quantitative estimate of drug-likeness (QED) is 0.420. The van der Waals surface area contributed by atoms with Crippen LogP contribution in [0.25, 0.3) is 15.7 Å². The molecule has 3 aliphatic rings. The minimum Gasteiger partial charge on any atom is -0.362 e. The third kappa shape index (κ3) is 4.17. The molecule has 0 aliphatic carbocycles. The van der Waals surface area contributed by atoms with Gasteiger partial charge in [0.25, 0.3) is 5.91 Å². The number of benzene rings is 2. The van der Waals surface area contributed by atoms with Crippen LogP contribution in [0.1, 0.15) is 58.6 Å². The number of H-pyrrole nitrogens is 1. The van der Waals surface area contributed by atoms with E-state index in [1.807, 2.05) is 30.5 Å². The minimum absolute atomic E-state index is 0.0606. The van der Waals surface area contributed by atoms with Crippen molar-refractivity contribution in [1.82, 2.24) is 20.1 Å². The fourth-order valence-corrected chi connectivity index (χ4v) is 5.94. The van der Waals surface area contributed by atoms with Gasteiger partial charge in [-0.2, -0.15) is 0 Å². The zero-order valence-corrected chi connectivity index (χ0v) is 20.2. The Morgan fingerprint density at radius 3 is 2.65 bits per heavy atom. The zero-order valence-electron chi connectivity index (χ0n) is 20.2. The van der Waals surface area contributed by atoms with Gasteiger partial charge in [0.05, 0.1) is 6.57 Å². The largest absolute Gasteiger partial charge is 0.362 e. The molecule has 1 atom stereocenters. The van der Waals surface area contributed by atoms with E-state index in [0.717, 1.165) is 48.9 Å². The number of imide groups is 1. The van der Waals surface area contributed by atoms with E-state index >= 15 is 4.39 Å². The molecule has 3 aromatic rings. The molecule has 2 fully saturated rings. The molecule has 1 aromatic heterocycles. The summed E-state index contributed by atoms with van der Waals surface area (Å²) in [6.07, 6.45) is 4.09. The maximum absolute atomic E-state index is 15.2. The van der Waals surface area contributed by atoms with Crippen molar-refractivity contribution in [3.05, 3.63) is 76.0 Å². The van der Waals surface area contributed by atoms with Crippen LogP contribution in [0.5, 0.6) is 0 Å². The van der Waals surface area contributed by atoms with E-state index in [-0.39, 0.29) is 42.9 Å².